The molecular weight excluding hydrogens is 279 g/mol. The third-order valence-corrected chi connectivity index (χ3v) is 3.79. The highest BCUT2D eigenvalue weighted by Gasteiger charge is 2.33. The molecule has 0 saturated heterocycles. The summed E-state index contributed by atoms with van der Waals surface area (Å²) in [5.41, 5.74) is 6.38. The van der Waals surface area contributed by atoms with E-state index in [1.807, 2.05) is 18.2 Å². The van der Waals surface area contributed by atoms with Crippen LogP contribution in [0.3, 0.4) is 0 Å². The monoisotopic (exact) mass is 293 g/mol. The van der Waals surface area contributed by atoms with E-state index in [1.54, 1.807) is 6.07 Å². The van der Waals surface area contributed by atoms with Crippen LogP contribution in [0.4, 0.5) is 19.1 Å². The molecular formula is C15H14F3N3. The second-order valence-electron chi connectivity index (χ2n) is 5.25. The van der Waals surface area contributed by atoms with Gasteiger partial charge in [-0.25, -0.2) is 9.97 Å². The van der Waals surface area contributed by atoms with Gasteiger partial charge in [0.15, 0.2) is 5.69 Å². The molecule has 0 bridgehead atoms. The number of halogens is 3. The van der Waals surface area contributed by atoms with E-state index in [4.69, 9.17) is 5.73 Å². The molecule has 6 heteroatoms. The van der Waals surface area contributed by atoms with E-state index in [1.165, 1.54) is 6.42 Å². The van der Waals surface area contributed by atoms with Gasteiger partial charge in [0.05, 0.1) is 5.69 Å². The normalized spacial score (nSPS) is 15.8. The molecule has 110 valence electrons. The quantitative estimate of drug-likeness (QED) is 0.910. The molecule has 1 aromatic heterocycles. The third kappa shape index (κ3) is 2.84. The Labute approximate surface area is 120 Å². The number of rotatable bonds is 2. The Morgan fingerprint density at radius 1 is 1.10 bits per heavy atom. The predicted molar refractivity (Wildman–Crippen MR) is 73.5 cm³/mol. The molecule has 2 N–H and O–H groups in total. The predicted octanol–water partition coefficient (Wildman–Crippen LogP) is 4.01. The highest BCUT2D eigenvalue weighted by molar-refractivity contribution is 5.62. The zero-order valence-electron chi connectivity index (χ0n) is 11.2. The van der Waals surface area contributed by atoms with E-state index in [9.17, 15) is 13.2 Å². The molecule has 0 spiro atoms. The second kappa shape index (κ2) is 5.02. The molecule has 2 aromatic rings. The Morgan fingerprint density at radius 2 is 1.86 bits per heavy atom. The summed E-state index contributed by atoms with van der Waals surface area (Å²) in [6, 6.07) is 8.42. The van der Waals surface area contributed by atoms with Crippen LogP contribution in [0.25, 0.3) is 11.3 Å². The first-order chi connectivity index (χ1) is 9.93. The maximum absolute atomic E-state index is 12.8. The molecule has 1 heterocycles. The average Bonchev–Trinajstić information content (AvgIpc) is 2.35. The largest absolute Gasteiger partial charge is 0.433 e. The van der Waals surface area contributed by atoms with E-state index >= 15 is 0 Å². The first kappa shape index (κ1) is 13.9. The van der Waals surface area contributed by atoms with Crippen molar-refractivity contribution in [1.29, 1.82) is 0 Å². The molecule has 21 heavy (non-hydrogen) atoms. The number of hydrogen-bond acceptors (Lipinski definition) is 3. The summed E-state index contributed by atoms with van der Waals surface area (Å²) < 4.78 is 38.4. The Balaban J connectivity index is 2.01. The molecule has 1 aliphatic rings. The maximum Gasteiger partial charge on any atom is 0.433 e. The van der Waals surface area contributed by atoms with Crippen molar-refractivity contribution in [2.45, 2.75) is 31.4 Å². The first-order valence-corrected chi connectivity index (χ1v) is 6.75. The SMILES string of the molecule is Nc1nc(-c2cccc(C3CCC3)c2)cc(C(F)(F)F)n1. The van der Waals surface area contributed by atoms with Crippen molar-refractivity contribution in [1.82, 2.24) is 9.97 Å². The van der Waals surface area contributed by atoms with Crippen molar-refractivity contribution in [3.8, 4) is 11.3 Å². The van der Waals surface area contributed by atoms with Gasteiger partial charge < -0.3 is 5.73 Å². The molecule has 1 aromatic carbocycles. The van der Waals surface area contributed by atoms with Gasteiger partial charge in [0, 0.05) is 5.56 Å². The highest BCUT2D eigenvalue weighted by Crippen LogP contribution is 2.38. The van der Waals surface area contributed by atoms with E-state index in [2.05, 4.69) is 9.97 Å². The summed E-state index contributed by atoms with van der Waals surface area (Å²) >= 11 is 0. The van der Waals surface area contributed by atoms with Crippen LogP contribution in [0.5, 0.6) is 0 Å². The molecule has 1 saturated carbocycles. The van der Waals surface area contributed by atoms with Crippen LogP contribution in [-0.4, -0.2) is 9.97 Å². The van der Waals surface area contributed by atoms with Crippen LogP contribution in [-0.2, 0) is 6.18 Å². The molecule has 0 unspecified atom stereocenters. The van der Waals surface area contributed by atoms with Crippen LogP contribution in [0, 0.1) is 0 Å². The minimum Gasteiger partial charge on any atom is -0.368 e. The lowest BCUT2D eigenvalue weighted by Gasteiger charge is -2.26. The minimum absolute atomic E-state index is 0.205. The van der Waals surface area contributed by atoms with E-state index in [-0.39, 0.29) is 11.6 Å². The van der Waals surface area contributed by atoms with Crippen LogP contribution >= 0.6 is 0 Å². The molecule has 0 atom stereocenters. The molecule has 0 aliphatic heterocycles. The molecule has 1 fully saturated rings. The van der Waals surface area contributed by atoms with Crippen molar-refractivity contribution in [2.24, 2.45) is 0 Å². The van der Waals surface area contributed by atoms with Crippen LogP contribution in [0.1, 0.15) is 36.4 Å². The lowest BCUT2D eigenvalue weighted by atomic mass is 9.79. The second-order valence-corrected chi connectivity index (χ2v) is 5.25. The van der Waals surface area contributed by atoms with Crippen molar-refractivity contribution in [2.75, 3.05) is 5.73 Å². The summed E-state index contributed by atoms with van der Waals surface area (Å²) in [5, 5.41) is 0. The van der Waals surface area contributed by atoms with E-state index in [0.29, 0.717) is 11.5 Å². The fraction of sp³-hybridized carbons (Fsp3) is 0.333. The number of nitrogens with two attached hydrogens (primary N) is 1. The fourth-order valence-corrected chi connectivity index (χ4v) is 2.45. The van der Waals surface area contributed by atoms with Gasteiger partial charge in [0.1, 0.15) is 0 Å². The number of nitrogen functional groups attached to an aromatic ring is 1. The zero-order valence-corrected chi connectivity index (χ0v) is 11.2. The first-order valence-electron chi connectivity index (χ1n) is 6.75. The number of hydrogen-bond donors (Lipinski definition) is 1. The van der Waals surface area contributed by atoms with Crippen molar-refractivity contribution >= 4 is 5.95 Å². The molecule has 1 aliphatic carbocycles. The number of benzene rings is 1. The Bertz CT molecular complexity index is 663. The van der Waals surface area contributed by atoms with Crippen LogP contribution in [0.2, 0.25) is 0 Å². The van der Waals surface area contributed by atoms with E-state index < -0.39 is 11.9 Å². The summed E-state index contributed by atoms with van der Waals surface area (Å²) in [7, 11) is 0. The fourth-order valence-electron chi connectivity index (χ4n) is 2.45. The third-order valence-electron chi connectivity index (χ3n) is 3.79. The van der Waals surface area contributed by atoms with Gasteiger partial charge in [0.25, 0.3) is 0 Å². The summed E-state index contributed by atoms with van der Waals surface area (Å²) in [6.45, 7) is 0. The summed E-state index contributed by atoms with van der Waals surface area (Å²) in [6.07, 6.45) is -1.07. The zero-order chi connectivity index (χ0) is 15.0. The minimum atomic E-state index is -4.53. The number of aromatic nitrogens is 2. The van der Waals surface area contributed by atoms with Gasteiger partial charge in [-0.2, -0.15) is 13.2 Å². The molecule has 0 amide bonds. The van der Waals surface area contributed by atoms with Gasteiger partial charge >= 0.3 is 6.18 Å². The number of nitrogens with zero attached hydrogens (tertiary/aromatic N) is 2. The summed E-state index contributed by atoms with van der Waals surface area (Å²) in [5.74, 6) is 0.139. The Hall–Kier alpha value is -2.11. The number of alkyl halides is 3. The van der Waals surface area contributed by atoms with Gasteiger partial charge in [-0.05, 0) is 36.5 Å². The molecule has 3 rings (SSSR count). The standard InChI is InChI=1S/C15H14F3N3/c16-15(17,18)13-8-12(20-14(19)21-13)11-6-2-5-10(7-11)9-3-1-4-9/h2,5-9H,1,3-4H2,(H2,19,20,21). The number of anilines is 1. The van der Waals surface area contributed by atoms with Crippen molar-refractivity contribution in [3.05, 3.63) is 41.6 Å². The van der Waals surface area contributed by atoms with Gasteiger partial charge in [0.2, 0.25) is 5.95 Å². The van der Waals surface area contributed by atoms with Crippen LogP contribution < -0.4 is 5.73 Å². The van der Waals surface area contributed by atoms with Crippen molar-refractivity contribution < 1.29 is 13.2 Å². The molecule has 0 radical (unpaired) electrons. The highest BCUT2D eigenvalue weighted by atomic mass is 19.4. The van der Waals surface area contributed by atoms with E-state index in [0.717, 1.165) is 24.5 Å². The smallest absolute Gasteiger partial charge is 0.368 e. The molecule has 3 nitrogen and oxygen atoms in total. The lowest BCUT2D eigenvalue weighted by Crippen LogP contribution is -2.11. The summed E-state index contributed by atoms with van der Waals surface area (Å²) in [4.78, 5) is 7.19. The maximum atomic E-state index is 12.8. The van der Waals surface area contributed by atoms with Gasteiger partial charge in [-0.3, -0.25) is 0 Å². The Kier molecular flexibility index (Phi) is 3.31. The average molecular weight is 293 g/mol. The van der Waals surface area contributed by atoms with Gasteiger partial charge in [-0.15, -0.1) is 0 Å². The van der Waals surface area contributed by atoms with Gasteiger partial charge in [-0.1, -0.05) is 24.6 Å². The Morgan fingerprint density at radius 3 is 2.48 bits per heavy atom. The van der Waals surface area contributed by atoms with Crippen molar-refractivity contribution in [3.63, 3.8) is 0 Å². The lowest BCUT2D eigenvalue weighted by molar-refractivity contribution is -0.141. The topological polar surface area (TPSA) is 51.8 Å². The van der Waals surface area contributed by atoms with Crippen LogP contribution in [0.15, 0.2) is 30.3 Å².